The Kier molecular flexibility index (Phi) is 69.3. The SMILES string of the molecule is CCCCCCCCCCCCCCCCCCCCCCCCCC(O)C(CO)NC(=O)CCCCCCCCCCCCCCCCCCCCCCCCCCOC(=O)CCCCCCCCCCCCCCCCCC. The van der Waals surface area contributed by atoms with E-state index in [0.29, 0.717) is 25.9 Å². The van der Waals surface area contributed by atoms with Crippen molar-refractivity contribution in [3.05, 3.63) is 0 Å². The predicted molar refractivity (Wildman–Crippen MR) is 352 cm³/mol. The molecule has 2 unspecified atom stereocenters. The Morgan fingerprint density at radius 1 is 0.300 bits per heavy atom. The molecule has 0 aromatic heterocycles. The van der Waals surface area contributed by atoms with Gasteiger partial charge in [-0.1, -0.05) is 399 Å². The zero-order chi connectivity index (χ0) is 57.8. The number of carbonyl (C=O) groups is 2. The maximum Gasteiger partial charge on any atom is 0.305 e. The van der Waals surface area contributed by atoms with Crippen LogP contribution in [0, 0.1) is 0 Å². The molecule has 6 nitrogen and oxygen atoms in total. The van der Waals surface area contributed by atoms with E-state index in [4.69, 9.17) is 4.74 Å². The summed E-state index contributed by atoms with van der Waals surface area (Å²) in [5.41, 5.74) is 0. The minimum absolute atomic E-state index is 0.0206. The molecular weight excluding hydrogens is 983 g/mol. The van der Waals surface area contributed by atoms with Crippen molar-refractivity contribution in [2.75, 3.05) is 13.2 Å². The standard InChI is InChI=1S/C74H147NO5/c1-3-5-7-9-11-13-15-17-19-21-22-23-26-29-32-35-38-42-46-50-54-58-62-66-72(77)71(70-76)75-73(78)67-63-59-55-51-47-43-39-36-33-30-27-24-25-28-31-34-37-41-45-49-53-57-61-65-69-80-74(79)68-64-60-56-52-48-44-40-20-18-16-14-12-10-8-6-4-2/h71-72,76-77H,3-70H2,1-2H3,(H,75,78). The van der Waals surface area contributed by atoms with Crippen LogP contribution in [-0.2, 0) is 14.3 Å². The van der Waals surface area contributed by atoms with Gasteiger partial charge >= 0.3 is 5.97 Å². The van der Waals surface area contributed by atoms with Crippen molar-refractivity contribution in [3.63, 3.8) is 0 Å². The normalized spacial score (nSPS) is 12.4. The molecule has 478 valence electrons. The highest BCUT2D eigenvalue weighted by Crippen LogP contribution is 2.20. The van der Waals surface area contributed by atoms with E-state index in [9.17, 15) is 19.8 Å². The van der Waals surface area contributed by atoms with Crippen molar-refractivity contribution in [3.8, 4) is 0 Å². The van der Waals surface area contributed by atoms with Crippen LogP contribution in [0.3, 0.4) is 0 Å². The molecule has 0 aliphatic carbocycles. The average molecular weight is 1130 g/mol. The van der Waals surface area contributed by atoms with Crippen molar-refractivity contribution in [1.82, 2.24) is 5.32 Å². The van der Waals surface area contributed by atoms with Crippen molar-refractivity contribution in [2.45, 2.75) is 450 Å². The number of carbonyl (C=O) groups excluding carboxylic acids is 2. The topological polar surface area (TPSA) is 95.9 Å². The number of amides is 1. The van der Waals surface area contributed by atoms with Gasteiger partial charge in [-0.25, -0.2) is 0 Å². The summed E-state index contributed by atoms with van der Waals surface area (Å²) in [6.07, 6.45) is 85.9. The summed E-state index contributed by atoms with van der Waals surface area (Å²) >= 11 is 0. The Hall–Kier alpha value is -1.14. The number of ether oxygens (including phenoxy) is 1. The van der Waals surface area contributed by atoms with E-state index in [1.807, 2.05) is 0 Å². The van der Waals surface area contributed by atoms with Gasteiger partial charge in [0.2, 0.25) is 5.91 Å². The molecule has 0 spiro atoms. The maximum atomic E-state index is 12.6. The molecule has 0 aliphatic heterocycles. The van der Waals surface area contributed by atoms with Gasteiger partial charge in [0.15, 0.2) is 0 Å². The molecule has 0 bridgehead atoms. The summed E-state index contributed by atoms with van der Waals surface area (Å²) < 4.78 is 5.51. The van der Waals surface area contributed by atoms with Crippen LogP contribution in [0.2, 0.25) is 0 Å². The van der Waals surface area contributed by atoms with Gasteiger partial charge in [-0.05, 0) is 25.7 Å². The van der Waals surface area contributed by atoms with Gasteiger partial charge in [-0.15, -0.1) is 0 Å². The summed E-state index contributed by atoms with van der Waals surface area (Å²) in [6, 6.07) is -0.541. The predicted octanol–water partition coefficient (Wildman–Crippen LogP) is 24.2. The van der Waals surface area contributed by atoms with Crippen molar-refractivity contribution in [2.24, 2.45) is 0 Å². The second-order valence-electron chi connectivity index (χ2n) is 26.0. The number of aliphatic hydroxyl groups is 2. The third-order valence-corrected chi connectivity index (χ3v) is 17.9. The summed E-state index contributed by atoms with van der Waals surface area (Å²) in [5, 5.41) is 23.5. The minimum atomic E-state index is -0.664. The van der Waals surface area contributed by atoms with Crippen molar-refractivity contribution < 1.29 is 24.5 Å². The molecule has 6 heteroatoms. The van der Waals surface area contributed by atoms with Gasteiger partial charge in [0, 0.05) is 12.8 Å². The second kappa shape index (κ2) is 70.3. The lowest BCUT2D eigenvalue weighted by Crippen LogP contribution is -2.45. The fourth-order valence-corrected chi connectivity index (χ4v) is 12.2. The monoisotopic (exact) mass is 1130 g/mol. The van der Waals surface area contributed by atoms with Crippen molar-refractivity contribution in [1.29, 1.82) is 0 Å². The third kappa shape index (κ3) is 66.0. The number of hydrogen-bond acceptors (Lipinski definition) is 5. The number of esters is 1. The molecule has 0 aromatic carbocycles. The van der Waals surface area contributed by atoms with E-state index in [-0.39, 0.29) is 18.5 Å². The highest BCUT2D eigenvalue weighted by Gasteiger charge is 2.20. The van der Waals surface area contributed by atoms with E-state index in [0.717, 1.165) is 38.5 Å². The van der Waals surface area contributed by atoms with Gasteiger partial charge in [0.05, 0.1) is 25.4 Å². The van der Waals surface area contributed by atoms with Crippen LogP contribution in [0.5, 0.6) is 0 Å². The van der Waals surface area contributed by atoms with E-state index in [1.165, 1.54) is 366 Å². The molecule has 0 aromatic rings. The lowest BCUT2D eigenvalue weighted by molar-refractivity contribution is -0.143. The zero-order valence-corrected chi connectivity index (χ0v) is 54.9. The Morgan fingerprint density at radius 3 is 0.762 bits per heavy atom. The average Bonchev–Trinajstić information content (AvgIpc) is 3.46. The molecule has 3 N–H and O–H groups in total. The summed E-state index contributed by atoms with van der Waals surface area (Å²) in [5.74, 6) is -0.00702. The molecule has 1 amide bonds. The highest BCUT2D eigenvalue weighted by molar-refractivity contribution is 5.76. The second-order valence-corrected chi connectivity index (χ2v) is 26.0. The van der Waals surface area contributed by atoms with E-state index < -0.39 is 12.1 Å². The van der Waals surface area contributed by atoms with Crippen LogP contribution < -0.4 is 5.32 Å². The summed E-state index contributed by atoms with van der Waals surface area (Å²) in [7, 11) is 0. The molecule has 0 saturated carbocycles. The smallest absolute Gasteiger partial charge is 0.305 e. The molecule has 0 heterocycles. The number of nitrogens with one attached hydrogen (secondary N) is 1. The zero-order valence-electron chi connectivity index (χ0n) is 54.9. The molecule has 0 saturated heterocycles. The fourth-order valence-electron chi connectivity index (χ4n) is 12.2. The van der Waals surface area contributed by atoms with E-state index >= 15 is 0 Å². The summed E-state index contributed by atoms with van der Waals surface area (Å²) in [6.45, 7) is 5.01. The molecule has 0 radical (unpaired) electrons. The first-order chi connectivity index (χ1) is 39.5. The first-order valence-electron chi connectivity index (χ1n) is 37.3. The van der Waals surface area contributed by atoms with Crippen LogP contribution in [0.25, 0.3) is 0 Å². The number of unbranched alkanes of at least 4 members (excludes halogenated alkanes) is 60. The van der Waals surface area contributed by atoms with Gasteiger partial charge in [0.25, 0.3) is 0 Å². The maximum absolute atomic E-state index is 12.6. The Balaban J connectivity index is 3.35. The van der Waals surface area contributed by atoms with Crippen LogP contribution in [-0.4, -0.2) is 47.4 Å². The first kappa shape index (κ1) is 78.9. The fraction of sp³-hybridized carbons (Fsp3) is 0.973. The molecule has 2 atom stereocenters. The van der Waals surface area contributed by atoms with Gasteiger partial charge in [0.1, 0.15) is 0 Å². The number of aliphatic hydroxyl groups excluding tert-OH is 2. The highest BCUT2D eigenvalue weighted by atomic mass is 16.5. The minimum Gasteiger partial charge on any atom is -0.466 e. The molecule has 0 aliphatic rings. The van der Waals surface area contributed by atoms with E-state index in [2.05, 4.69) is 19.2 Å². The van der Waals surface area contributed by atoms with Crippen LogP contribution in [0.1, 0.15) is 438 Å². The van der Waals surface area contributed by atoms with Gasteiger partial charge in [-0.2, -0.15) is 0 Å². The Bertz CT molecular complexity index is 1160. The molecular formula is C74H147NO5. The number of rotatable bonds is 71. The Labute approximate surface area is 502 Å². The van der Waals surface area contributed by atoms with E-state index in [1.54, 1.807) is 0 Å². The third-order valence-electron chi connectivity index (χ3n) is 17.9. The lowest BCUT2D eigenvalue weighted by Gasteiger charge is -2.22. The molecule has 0 rings (SSSR count). The summed E-state index contributed by atoms with van der Waals surface area (Å²) in [4.78, 5) is 24.7. The molecule has 0 fully saturated rings. The van der Waals surface area contributed by atoms with Gasteiger partial charge in [-0.3, -0.25) is 9.59 Å². The van der Waals surface area contributed by atoms with Crippen LogP contribution in [0.15, 0.2) is 0 Å². The van der Waals surface area contributed by atoms with Crippen molar-refractivity contribution >= 4 is 11.9 Å². The lowest BCUT2D eigenvalue weighted by atomic mass is 10.0. The quantitative estimate of drug-likeness (QED) is 0.0417. The molecule has 80 heavy (non-hydrogen) atoms. The first-order valence-corrected chi connectivity index (χ1v) is 37.3. The Morgan fingerprint density at radius 2 is 0.512 bits per heavy atom. The van der Waals surface area contributed by atoms with Crippen LogP contribution >= 0.6 is 0 Å². The largest absolute Gasteiger partial charge is 0.466 e. The van der Waals surface area contributed by atoms with Crippen LogP contribution in [0.4, 0.5) is 0 Å². The van der Waals surface area contributed by atoms with Gasteiger partial charge < -0.3 is 20.3 Å². The number of hydrogen-bond donors (Lipinski definition) is 3.